The van der Waals surface area contributed by atoms with Crippen LogP contribution in [-0.4, -0.2) is 13.7 Å². The zero-order valence-electron chi connectivity index (χ0n) is 14.3. The van der Waals surface area contributed by atoms with Crippen molar-refractivity contribution in [1.29, 1.82) is 0 Å². The van der Waals surface area contributed by atoms with Crippen molar-refractivity contribution in [3.05, 3.63) is 23.8 Å². The fourth-order valence-electron chi connectivity index (χ4n) is 3.45. The first kappa shape index (κ1) is 16.2. The van der Waals surface area contributed by atoms with Crippen LogP contribution in [0.2, 0.25) is 0 Å². The topological polar surface area (TPSA) is 21.3 Å². The fraction of sp³-hybridized carbons (Fsp3) is 0.684. The van der Waals surface area contributed by atoms with Crippen LogP contribution in [0.15, 0.2) is 18.2 Å². The van der Waals surface area contributed by atoms with Crippen LogP contribution in [0.25, 0.3) is 0 Å². The Morgan fingerprint density at radius 3 is 2.38 bits per heavy atom. The molecule has 2 nitrogen and oxygen atoms in total. The molecule has 1 aliphatic rings. The van der Waals surface area contributed by atoms with Gasteiger partial charge in [-0.3, -0.25) is 0 Å². The number of benzene rings is 1. The van der Waals surface area contributed by atoms with Crippen LogP contribution in [0, 0.1) is 24.2 Å². The molecule has 1 saturated carbocycles. The van der Waals surface area contributed by atoms with E-state index in [1.54, 1.807) is 7.11 Å². The van der Waals surface area contributed by atoms with Crippen molar-refractivity contribution in [1.82, 2.24) is 0 Å². The summed E-state index contributed by atoms with van der Waals surface area (Å²) in [5.74, 6) is 2.64. The van der Waals surface area contributed by atoms with E-state index in [9.17, 15) is 0 Å². The molecule has 0 radical (unpaired) electrons. The summed E-state index contributed by atoms with van der Waals surface area (Å²) in [6, 6.07) is 6.33. The summed E-state index contributed by atoms with van der Waals surface area (Å²) in [6.45, 7) is 10.3. The predicted molar refractivity (Wildman–Crippen MR) is 91.1 cm³/mol. The molecule has 0 amide bonds. The van der Waals surface area contributed by atoms with E-state index in [4.69, 9.17) is 4.74 Å². The molecule has 0 bridgehead atoms. The van der Waals surface area contributed by atoms with E-state index in [1.165, 1.54) is 31.2 Å². The third-order valence-electron chi connectivity index (χ3n) is 5.01. The van der Waals surface area contributed by atoms with Crippen molar-refractivity contribution in [2.45, 2.75) is 53.4 Å². The van der Waals surface area contributed by atoms with Crippen LogP contribution < -0.4 is 10.1 Å². The average molecular weight is 289 g/mol. The van der Waals surface area contributed by atoms with Gasteiger partial charge in [0.1, 0.15) is 5.75 Å². The monoisotopic (exact) mass is 289 g/mol. The molecular formula is C19H31NO. The minimum Gasteiger partial charge on any atom is -0.495 e. The van der Waals surface area contributed by atoms with Gasteiger partial charge in [0.15, 0.2) is 0 Å². The Bertz CT molecular complexity index is 453. The van der Waals surface area contributed by atoms with E-state index in [0.717, 1.165) is 29.8 Å². The number of ether oxygens (including phenoxy) is 1. The van der Waals surface area contributed by atoms with Crippen molar-refractivity contribution < 1.29 is 4.74 Å². The molecule has 21 heavy (non-hydrogen) atoms. The van der Waals surface area contributed by atoms with Crippen molar-refractivity contribution >= 4 is 5.69 Å². The van der Waals surface area contributed by atoms with Crippen molar-refractivity contribution in [2.75, 3.05) is 19.0 Å². The van der Waals surface area contributed by atoms with Crippen LogP contribution in [0.5, 0.6) is 5.75 Å². The molecule has 0 aliphatic heterocycles. The highest BCUT2D eigenvalue weighted by atomic mass is 16.5. The molecule has 0 spiro atoms. The molecule has 0 aromatic heterocycles. The molecule has 0 atom stereocenters. The summed E-state index contributed by atoms with van der Waals surface area (Å²) in [6.07, 6.45) is 5.45. The Morgan fingerprint density at radius 2 is 1.81 bits per heavy atom. The van der Waals surface area contributed by atoms with Crippen LogP contribution in [0.3, 0.4) is 0 Å². The lowest BCUT2D eigenvalue weighted by atomic mass is 9.70. The third kappa shape index (κ3) is 4.39. The lowest BCUT2D eigenvalue weighted by Crippen LogP contribution is -2.28. The molecule has 1 aromatic rings. The van der Waals surface area contributed by atoms with Gasteiger partial charge in [0.2, 0.25) is 0 Å². The van der Waals surface area contributed by atoms with Crippen molar-refractivity contribution in [3.63, 3.8) is 0 Å². The first-order valence-electron chi connectivity index (χ1n) is 8.28. The zero-order chi connectivity index (χ0) is 15.5. The van der Waals surface area contributed by atoms with Gasteiger partial charge in [-0.15, -0.1) is 0 Å². The van der Waals surface area contributed by atoms with Gasteiger partial charge in [0.25, 0.3) is 0 Å². The Hall–Kier alpha value is -1.18. The maximum atomic E-state index is 5.44. The number of nitrogens with one attached hydrogen (secondary N) is 1. The lowest BCUT2D eigenvalue weighted by molar-refractivity contribution is 0.153. The summed E-state index contributed by atoms with van der Waals surface area (Å²) in [7, 11) is 1.74. The summed E-state index contributed by atoms with van der Waals surface area (Å²) in [5.41, 5.74) is 2.88. The van der Waals surface area contributed by atoms with Gasteiger partial charge in [0.05, 0.1) is 12.8 Å². The Kier molecular flexibility index (Phi) is 5.18. The number of methoxy groups -OCH3 is 1. The van der Waals surface area contributed by atoms with Gasteiger partial charge >= 0.3 is 0 Å². The predicted octanol–water partition coefficient (Wildman–Crippen LogP) is 5.27. The van der Waals surface area contributed by atoms with E-state index in [-0.39, 0.29) is 0 Å². The summed E-state index contributed by atoms with van der Waals surface area (Å²) in [4.78, 5) is 0. The standard InChI is InChI=1S/C19H31NO/c1-14-6-11-18(21-5)17(12-14)20-13-15-7-9-16(10-8-15)19(2,3)4/h6,11-12,15-16,20H,7-10,13H2,1-5H3. The normalized spacial score (nSPS) is 22.9. The highest BCUT2D eigenvalue weighted by molar-refractivity contribution is 5.57. The van der Waals surface area contributed by atoms with E-state index >= 15 is 0 Å². The molecule has 1 fully saturated rings. The smallest absolute Gasteiger partial charge is 0.141 e. The molecule has 2 rings (SSSR count). The number of rotatable bonds is 4. The average Bonchev–Trinajstić information content (AvgIpc) is 2.45. The second-order valence-corrected chi connectivity index (χ2v) is 7.67. The van der Waals surface area contributed by atoms with Crippen molar-refractivity contribution in [2.24, 2.45) is 17.3 Å². The second-order valence-electron chi connectivity index (χ2n) is 7.67. The SMILES string of the molecule is COc1ccc(C)cc1NCC1CCC(C(C)(C)C)CC1. The molecule has 118 valence electrons. The molecule has 2 heteroatoms. The van der Waals surface area contributed by atoms with Gasteiger partial charge in [-0.1, -0.05) is 26.8 Å². The highest BCUT2D eigenvalue weighted by Crippen LogP contribution is 2.40. The van der Waals surface area contributed by atoms with Crippen LogP contribution in [0.1, 0.15) is 52.0 Å². The molecule has 1 aromatic carbocycles. The molecule has 0 saturated heterocycles. The van der Waals surface area contributed by atoms with E-state index in [2.05, 4.69) is 45.1 Å². The van der Waals surface area contributed by atoms with Gasteiger partial charge in [-0.25, -0.2) is 0 Å². The number of aryl methyl sites for hydroxylation is 1. The molecule has 0 unspecified atom stereocenters. The lowest BCUT2D eigenvalue weighted by Gasteiger charge is -2.37. The second kappa shape index (κ2) is 6.72. The van der Waals surface area contributed by atoms with Crippen LogP contribution in [0.4, 0.5) is 5.69 Å². The fourth-order valence-corrected chi connectivity index (χ4v) is 3.45. The van der Waals surface area contributed by atoms with E-state index < -0.39 is 0 Å². The Balaban J connectivity index is 1.86. The largest absolute Gasteiger partial charge is 0.495 e. The first-order chi connectivity index (χ1) is 9.90. The highest BCUT2D eigenvalue weighted by Gasteiger charge is 2.29. The minimum atomic E-state index is 0.470. The maximum Gasteiger partial charge on any atom is 0.141 e. The van der Waals surface area contributed by atoms with Gasteiger partial charge in [-0.2, -0.15) is 0 Å². The van der Waals surface area contributed by atoms with Crippen LogP contribution in [-0.2, 0) is 0 Å². The molecule has 0 heterocycles. The van der Waals surface area contributed by atoms with E-state index in [0.29, 0.717) is 5.41 Å². The molecule has 1 aliphatic carbocycles. The first-order valence-corrected chi connectivity index (χ1v) is 8.28. The number of anilines is 1. The number of hydrogen-bond acceptors (Lipinski definition) is 2. The van der Waals surface area contributed by atoms with E-state index in [1.807, 2.05) is 6.07 Å². The minimum absolute atomic E-state index is 0.470. The Morgan fingerprint density at radius 1 is 1.14 bits per heavy atom. The van der Waals surface area contributed by atoms with Gasteiger partial charge < -0.3 is 10.1 Å². The molecule has 1 N–H and O–H groups in total. The summed E-state index contributed by atoms with van der Waals surface area (Å²) in [5, 5.41) is 3.60. The summed E-state index contributed by atoms with van der Waals surface area (Å²) >= 11 is 0. The Labute approximate surface area is 130 Å². The maximum absolute atomic E-state index is 5.44. The third-order valence-corrected chi connectivity index (χ3v) is 5.01. The quantitative estimate of drug-likeness (QED) is 0.815. The van der Waals surface area contributed by atoms with Gasteiger partial charge in [0, 0.05) is 6.54 Å². The van der Waals surface area contributed by atoms with Gasteiger partial charge in [-0.05, 0) is 67.6 Å². The van der Waals surface area contributed by atoms with Crippen LogP contribution >= 0.6 is 0 Å². The van der Waals surface area contributed by atoms with Crippen molar-refractivity contribution in [3.8, 4) is 5.75 Å². The molecular weight excluding hydrogens is 258 g/mol. The zero-order valence-corrected chi connectivity index (χ0v) is 14.3. The number of hydrogen-bond donors (Lipinski definition) is 1. The summed E-state index contributed by atoms with van der Waals surface area (Å²) < 4.78 is 5.44.